The smallest absolute Gasteiger partial charge is 0.268 e. The minimum atomic E-state index is -2.99. The first-order valence-corrected chi connectivity index (χ1v) is 9.25. The summed E-state index contributed by atoms with van der Waals surface area (Å²) in [6.07, 6.45) is 1.79. The Balaban J connectivity index is 1.37. The second kappa shape index (κ2) is 7.32. The van der Waals surface area contributed by atoms with Crippen molar-refractivity contribution < 1.29 is 18.3 Å². The van der Waals surface area contributed by atoms with Gasteiger partial charge in [-0.05, 0) is 30.7 Å². The van der Waals surface area contributed by atoms with Crippen LogP contribution < -0.4 is 4.74 Å². The summed E-state index contributed by atoms with van der Waals surface area (Å²) in [5, 5.41) is 9.98. The molecule has 1 amide bonds. The molecule has 4 rings (SSSR count). The normalized spacial score (nSPS) is 24.4. The van der Waals surface area contributed by atoms with Crippen LogP contribution in [0, 0.1) is 11.3 Å². The van der Waals surface area contributed by atoms with Gasteiger partial charge in [0.2, 0.25) is 5.91 Å². The average molecular weight is 386 g/mol. The van der Waals surface area contributed by atoms with Gasteiger partial charge in [0.15, 0.2) is 0 Å². The molecule has 146 valence electrons. The van der Waals surface area contributed by atoms with Crippen LogP contribution in [-0.4, -0.2) is 64.9 Å². The summed E-state index contributed by atoms with van der Waals surface area (Å²) in [5.74, 6) is -2.68. The molecule has 1 aromatic heterocycles. The first-order chi connectivity index (χ1) is 13.4. The number of hydrogen-bond donors (Lipinski definition) is 0. The van der Waals surface area contributed by atoms with Gasteiger partial charge in [0.25, 0.3) is 5.92 Å². The van der Waals surface area contributed by atoms with Crippen molar-refractivity contribution in [3.8, 4) is 11.8 Å². The van der Waals surface area contributed by atoms with Gasteiger partial charge in [-0.1, -0.05) is 6.07 Å². The lowest BCUT2D eigenvalue weighted by molar-refractivity contribution is -0.133. The second-order valence-corrected chi connectivity index (χ2v) is 7.32. The third-order valence-electron chi connectivity index (χ3n) is 5.23. The van der Waals surface area contributed by atoms with Crippen molar-refractivity contribution in [3.63, 3.8) is 0 Å². The lowest BCUT2D eigenvalue weighted by atomic mass is 10.2. The fourth-order valence-electron chi connectivity index (χ4n) is 3.87. The highest BCUT2D eigenvalue weighted by atomic mass is 19.3. The number of benzene rings is 1. The van der Waals surface area contributed by atoms with Crippen molar-refractivity contribution in [3.05, 3.63) is 36.5 Å². The molecule has 3 heterocycles. The molecule has 0 spiro atoms. The van der Waals surface area contributed by atoms with Gasteiger partial charge in [-0.25, -0.2) is 8.78 Å². The minimum Gasteiger partial charge on any atom is -0.488 e. The molecule has 2 aliphatic heterocycles. The summed E-state index contributed by atoms with van der Waals surface area (Å²) >= 11 is 0. The van der Waals surface area contributed by atoms with Crippen molar-refractivity contribution >= 4 is 16.8 Å². The van der Waals surface area contributed by atoms with Crippen LogP contribution in [0.3, 0.4) is 0 Å². The SMILES string of the molecule is N#C[C@@H]1CC(F)(F)CN1C(=O)CN1CC[C@H](Oc2cccc3ncccc23)C1. The molecule has 8 heteroatoms. The van der Waals surface area contributed by atoms with Crippen LogP contribution in [0.15, 0.2) is 36.5 Å². The molecule has 2 atom stereocenters. The Morgan fingerprint density at radius 1 is 1.36 bits per heavy atom. The largest absolute Gasteiger partial charge is 0.488 e. The lowest BCUT2D eigenvalue weighted by Crippen LogP contribution is -2.42. The van der Waals surface area contributed by atoms with Gasteiger partial charge < -0.3 is 9.64 Å². The maximum absolute atomic E-state index is 13.6. The number of halogens is 2. The molecule has 0 saturated carbocycles. The number of rotatable bonds is 4. The summed E-state index contributed by atoms with van der Waals surface area (Å²) in [7, 11) is 0. The van der Waals surface area contributed by atoms with Crippen molar-refractivity contribution in [1.29, 1.82) is 5.26 Å². The van der Waals surface area contributed by atoms with Crippen LogP contribution in [-0.2, 0) is 4.79 Å². The van der Waals surface area contributed by atoms with Crippen molar-refractivity contribution in [2.75, 3.05) is 26.2 Å². The number of pyridine rings is 1. The van der Waals surface area contributed by atoms with Crippen LogP contribution in [0.2, 0.25) is 0 Å². The van der Waals surface area contributed by atoms with Gasteiger partial charge in [-0.2, -0.15) is 5.26 Å². The predicted molar refractivity (Wildman–Crippen MR) is 97.9 cm³/mol. The molecule has 2 aliphatic rings. The Bertz CT molecular complexity index is 925. The number of nitriles is 1. The quantitative estimate of drug-likeness (QED) is 0.807. The lowest BCUT2D eigenvalue weighted by Gasteiger charge is -2.23. The maximum Gasteiger partial charge on any atom is 0.268 e. The van der Waals surface area contributed by atoms with Crippen LogP contribution in [0.5, 0.6) is 5.75 Å². The highest BCUT2D eigenvalue weighted by molar-refractivity contribution is 5.84. The first-order valence-electron chi connectivity index (χ1n) is 9.25. The highest BCUT2D eigenvalue weighted by Crippen LogP contribution is 2.32. The van der Waals surface area contributed by atoms with E-state index in [1.807, 2.05) is 41.3 Å². The zero-order valence-electron chi connectivity index (χ0n) is 15.2. The molecule has 6 nitrogen and oxygen atoms in total. The Morgan fingerprint density at radius 3 is 3.04 bits per heavy atom. The van der Waals surface area contributed by atoms with Crippen LogP contribution >= 0.6 is 0 Å². The average Bonchev–Trinajstić information content (AvgIpc) is 3.25. The summed E-state index contributed by atoms with van der Waals surface area (Å²) < 4.78 is 33.2. The summed E-state index contributed by atoms with van der Waals surface area (Å²) in [5.41, 5.74) is 0.850. The predicted octanol–water partition coefficient (Wildman–Crippen LogP) is 2.45. The van der Waals surface area contributed by atoms with E-state index in [2.05, 4.69) is 4.98 Å². The minimum absolute atomic E-state index is 0.0191. The summed E-state index contributed by atoms with van der Waals surface area (Å²) in [6, 6.07) is 10.2. The van der Waals surface area contributed by atoms with Crippen LogP contribution in [0.4, 0.5) is 8.78 Å². The Kier molecular flexibility index (Phi) is 4.85. The van der Waals surface area contributed by atoms with Crippen molar-refractivity contribution in [2.24, 2.45) is 0 Å². The van der Waals surface area contributed by atoms with Gasteiger partial charge in [0.05, 0.1) is 24.7 Å². The third-order valence-corrected chi connectivity index (χ3v) is 5.23. The molecule has 1 aromatic carbocycles. The highest BCUT2D eigenvalue weighted by Gasteiger charge is 2.47. The molecule has 2 aromatic rings. The first kappa shape index (κ1) is 18.6. The number of hydrogen-bond acceptors (Lipinski definition) is 5. The zero-order chi connectivity index (χ0) is 19.7. The molecule has 0 unspecified atom stereocenters. The maximum atomic E-state index is 13.6. The Morgan fingerprint density at radius 2 is 2.21 bits per heavy atom. The second-order valence-electron chi connectivity index (χ2n) is 7.32. The number of alkyl halides is 2. The van der Waals surface area contributed by atoms with E-state index >= 15 is 0 Å². The number of carbonyl (C=O) groups excluding carboxylic acids is 1. The van der Waals surface area contributed by atoms with E-state index in [4.69, 9.17) is 10.00 Å². The van der Waals surface area contributed by atoms with Crippen molar-refractivity contribution in [1.82, 2.24) is 14.8 Å². The number of aromatic nitrogens is 1. The van der Waals surface area contributed by atoms with E-state index in [9.17, 15) is 13.6 Å². The zero-order valence-corrected chi connectivity index (χ0v) is 15.2. The van der Waals surface area contributed by atoms with E-state index in [1.54, 1.807) is 6.20 Å². The molecule has 0 aliphatic carbocycles. The molecular formula is C20H20F2N4O2. The van der Waals surface area contributed by atoms with Crippen LogP contribution in [0.25, 0.3) is 10.9 Å². The van der Waals surface area contributed by atoms with Gasteiger partial charge in [0.1, 0.15) is 17.9 Å². The Hall–Kier alpha value is -2.79. The number of likely N-dealkylation sites (tertiary alicyclic amines) is 2. The fraction of sp³-hybridized carbons (Fsp3) is 0.450. The number of amides is 1. The van der Waals surface area contributed by atoms with Gasteiger partial charge in [-0.15, -0.1) is 0 Å². The van der Waals surface area contributed by atoms with Crippen molar-refractivity contribution in [2.45, 2.75) is 30.9 Å². The third kappa shape index (κ3) is 3.76. The molecule has 0 radical (unpaired) electrons. The Labute approximate surface area is 161 Å². The molecule has 2 fully saturated rings. The van der Waals surface area contributed by atoms with Gasteiger partial charge >= 0.3 is 0 Å². The van der Waals surface area contributed by atoms with Crippen LogP contribution in [0.1, 0.15) is 12.8 Å². The van der Waals surface area contributed by atoms with E-state index < -0.39 is 30.8 Å². The number of carbonyl (C=O) groups is 1. The van der Waals surface area contributed by atoms with Gasteiger partial charge in [0, 0.05) is 31.1 Å². The fourth-order valence-corrected chi connectivity index (χ4v) is 3.87. The topological polar surface area (TPSA) is 69.5 Å². The standard InChI is InChI=1S/C20H20F2N4O2/c21-20(22)9-14(10-23)26(13-20)19(27)12-25-8-6-15(11-25)28-18-5-1-4-17-16(18)3-2-7-24-17/h1-5,7,14-15H,6,8-9,11-13H2/t14-,15-/m0/s1. The summed E-state index contributed by atoms with van der Waals surface area (Å²) in [6.45, 7) is 0.511. The molecular weight excluding hydrogens is 366 g/mol. The van der Waals surface area contributed by atoms with E-state index in [-0.39, 0.29) is 12.6 Å². The molecule has 0 bridgehead atoms. The number of fused-ring (bicyclic) bond motifs is 1. The van der Waals surface area contributed by atoms with Gasteiger partial charge in [-0.3, -0.25) is 14.7 Å². The molecule has 2 saturated heterocycles. The number of nitrogens with zero attached hydrogens (tertiary/aromatic N) is 4. The van der Waals surface area contributed by atoms with E-state index in [1.165, 1.54) is 0 Å². The van der Waals surface area contributed by atoms with E-state index in [0.717, 1.165) is 28.0 Å². The molecule has 0 N–H and O–H groups in total. The molecule has 28 heavy (non-hydrogen) atoms. The van der Waals surface area contributed by atoms with E-state index in [0.29, 0.717) is 13.1 Å². The monoisotopic (exact) mass is 386 g/mol. The number of ether oxygens (including phenoxy) is 1. The summed E-state index contributed by atoms with van der Waals surface area (Å²) in [4.78, 5) is 19.7.